The van der Waals surface area contributed by atoms with Gasteiger partial charge in [-0.25, -0.2) is 0 Å². The molecule has 4 unspecified atom stereocenters. The first-order chi connectivity index (χ1) is 11.6. The highest BCUT2D eigenvalue weighted by atomic mass is 16.5. The number of rotatable bonds is 7. The fourth-order valence-corrected chi connectivity index (χ4v) is 4.95. The minimum atomic E-state index is -0.810. The van der Waals surface area contributed by atoms with Crippen molar-refractivity contribution in [2.45, 2.75) is 32.1 Å². The predicted octanol–water partition coefficient (Wildman–Crippen LogP) is 3.16. The van der Waals surface area contributed by atoms with E-state index < -0.39 is 5.97 Å². The molecule has 5 heteroatoms. The lowest BCUT2D eigenvalue weighted by Crippen LogP contribution is -2.18. The summed E-state index contributed by atoms with van der Waals surface area (Å²) in [5.41, 5.74) is 0.801. The molecular formula is C19H23NO4. The van der Waals surface area contributed by atoms with Crippen molar-refractivity contribution in [3.8, 4) is 5.75 Å². The van der Waals surface area contributed by atoms with Crippen molar-refractivity contribution in [2.24, 2.45) is 29.6 Å². The first kappa shape index (κ1) is 15.5. The van der Waals surface area contributed by atoms with Crippen LogP contribution < -0.4 is 10.1 Å². The Labute approximate surface area is 141 Å². The van der Waals surface area contributed by atoms with E-state index >= 15 is 0 Å². The zero-order valence-electron chi connectivity index (χ0n) is 13.6. The van der Waals surface area contributed by atoms with Crippen molar-refractivity contribution < 1.29 is 19.4 Å². The molecular weight excluding hydrogens is 306 g/mol. The Bertz CT molecular complexity index is 625. The van der Waals surface area contributed by atoms with Gasteiger partial charge in [-0.05, 0) is 73.6 Å². The zero-order valence-corrected chi connectivity index (χ0v) is 13.6. The molecule has 0 saturated heterocycles. The summed E-state index contributed by atoms with van der Waals surface area (Å²) in [5.74, 6) is 3.21. The number of anilines is 1. The molecule has 128 valence electrons. The molecule has 3 fully saturated rings. The Kier molecular flexibility index (Phi) is 3.94. The highest BCUT2D eigenvalue weighted by Gasteiger charge is 2.67. The summed E-state index contributed by atoms with van der Waals surface area (Å²) in [6, 6.07) is 7.32. The Balaban J connectivity index is 1.25. The van der Waals surface area contributed by atoms with Gasteiger partial charge in [-0.1, -0.05) is 0 Å². The van der Waals surface area contributed by atoms with Crippen molar-refractivity contribution in [2.75, 3.05) is 11.9 Å². The van der Waals surface area contributed by atoms with E-state index in [4.69, 9.17) is 9.84 Å². The van der Waals surface area contributed by atoms with Crippen LogP contribution in [0.4, 0.5) is 5.69 Å². The van der Waals surface area contributed by atoms with Crippen LogP contribution in [0.2, 0.25) is 0 Å². The lowest BCUT2D eigenvalue weighted by atomic mass is 10.0. The van der Waals surface area contributed by atoms with Gasteiger partial charge in [0.25, 0.3) is 0 Å². The summed E-state index contributed by atoms with van der Waals surface area (Å²) in [6.07, 6.45) is 4.60. The van der Waals surface area contributed by atoms with Gasteiger partial charge in [0.15, 0.2) is 0 Å². The van der Waals surface area contributed by atoms with Crippen molar-refractivity contribution >= 4 is 17.6 Å². The van der Waals surface area contributed by atoms with Gasteiger partial charge in [-0.2, -0.15) is 0 Å². The average molecular weight is 329 g/mol. The third-order valence-corrected chi connectivity index (χ3v) is 5.96. The molecule has 3 aliphatic carbocycles. The number of benzene rings is 1. The summed E-state index contributed by atoms with van der Waals surface area (Å²) >= 11 is 0. The number of carboxylic acids is 1. The number of carbonyl (C=O) groups is 2. The Morgan fingerprint density at radius 3 is 2.42 bits per heavy atom. The maximum Gasteiger partial charge on any atom is 0.303 e. The molecule has 2 bridgehead atoms. The van der Waals surface area contributed by atoms with Crippen LogP contribution in [0, 0.1) is 29.6 Å². The topological polar surface area (TPSA) is 75.6 Å². The zero-order chi connectivity index (χ0) is 16.7. The van der Waals surface area contributed by atoms with Crippen LogP contribution in [0.25, 0.3) is 0 Å². The highest BCUT2D eigenvalue weighted by Crippen LogP contribution is 2.69. The molecule has 0 radical (unpaired) electrons. The summed E-state index contributed by atoms with van der Waals surface area (Å²) in [5, 5.41) is 11.6. The number of fused-ring (bicyclic) bond motifs is 5. The summed E-state index contributed by atoms with van der Waals surface area (Å²) in [4.78, 5) is 22.9. The number of carbonyl (C=O) groups excluding carboxylic acids is 1. The molecule has 0 aliphatic heterocycles. The van der Waals surface area contributed by atoms with Gasteiger partial charge in [0.1, 0.15) is 5.75 Å². The smallest absolute Gasteiger partial charge is 0.303 e. The third-order valence-electron chi connectivity index (χ3n) is 5.96. The van der Waals surface area contributed by atoms with Crippen LogP contribution in [0.5, 0.6) is 5.75 Å². The van der Waals surface area contributed by atoms with Gasteiger partial charge in [0, 0.05) is 18.0 Å². The van der Waals surface area contributed by atoms with E-state index in [0.717, 1.165) is 17.5 Å². The second-order valence-corrected chi connectivity index (χ2v) is 7.37. The molecule has 0 heterocycles. The first-order valence-corrected chi connectivity index (χ1v) is 8.89. The monoisotopic (exact) mass is 329 g/mol. The van der Waals surface area contributed by atoms with Crippen LogP contribution in [0.1, 0.15) is 32.1 Å². The van der Waals surface area contributed by atoms with Crippen LogP contribution in [-0.2, 0) is 9.59 Å². The van der Waals surface area contributed by atoms with Gasteiger partial charge < -0.3 is 15.2 Å². The molecule has 24 heavy (non-hydrogen) atoms. The molecule has 4 atom stereocenters. The van der Waals surface area contributed by atoms with Crippen LogP contribution in [0.3, 0.4) is 0 Å². The van der Waals surface area contributed by atoms with Crippen LogP contribution in [-0.4, -0.2) is 23.6 Å². The number of nitrogens with one attached hydrogen (secondary N) is 1. The quantitative estimate of drug-likeness (QED) is 0.754. The fourth-order valence-electron chi connectivity index (χ4n) is 4.95. The van der Waals surface area contributed by atoms with E-state index in [2.05, 4.69) is 5.32 Å². The van der Waals surface area contributed by atoms with Gasteiger partial charge in [0.2, 0.25) is 5.91 Å². The predicted molar refractivity (Wildman–Crippen MR) is 88.7 cm³/mol. The maximum atomic E-state index is 12.5. The van der Waals surface area contributed by atoms with Crippen molar-refractivity contribution in [3.63, 3.8) is 0 Å². The SMILES string of the molecule is O=C(O)CCCOc1ccc(NC(=O)C2C3C4CCC(C4)C23)cc1. The van der Waals surface area contributed by atoms with E-state index in [1.54, 1.807) is 0 Å². The molecule has 3 aliphatic rings. The minimum Gasteiger partial charge on any atom is -0.494 e. The van der Waals surface area contributed by atoms with Crippen LogP contribution >= 0.6 is 0 Å². The summed E-state index contributed by atoms with van der Waals surface area (Å²) in [7, 11) is 0. The largest absolute Gasteiger partial charge is 0.494 e. The third kappa shape index (κ3) is 2.87. The number of carboxylic acid groups (broad SMARTS) is 1. The number of hydrogen-bond donors (Lipinski definition) is 2. The summed E-state index contributed by atoms with van der Waals surface area (Å²) < 4.78 is 5.50. The van der Waals surface area contributed by atoms with E-state index in [0.29, 0.717) is 30.6 Å². The van der Waals surface area contributed by atoms with Gasteiger partial charge in [-0.3, -0.25) is 9.59 Å². The number of ether oxygens (including phenoxy) is 1. The molecule has 0 aromatic heterocycles. The number of aliphatic carboxylic acids is 1. The summed E-state index contributed by atoms with van der Waals surface area (Å²) in [6.45, 7) is 0.381. The Hall–Kier alpha value is -2.04. The van der Waals surface area contributed by atoms with Gasteiger partial charge in [0.05, 0.1) is 6.61 Å². The Morgan fingerprint density at radius 2 is 1.79 bits per heavy atom. The molecule has 1 aromatic carbocycles. The molecule has 5 nitrogen and oxygen atoms in total. The van der Waals surface area contributed by atoms with Gasteiger partial charge >= 0.3 is 5.97 Å². The molecule has 3 saturated carbocycles. The number of amides is 1. The van der Waals surface area contributed by atoms with Crippen LogP contribution in [0.15, 0.2) is 24.3 Å². The van der Waals surface area contributed by atoms with E-state index in [-0.39, 0.29) is 18.2 Å². The fraction of sp³-hybridized carbons (Fsp3) is 0.579. The lowest BCUT2D eigenvalue weighted by Gasteiger charge is -2.10. The molecule has 1 amide bonds. The second kappa shape index (κ2) is 6.11. The van der Waals surface area contributed by atoms with E-state index in [9.17, 15) is 9.59 Å². The molecule has 2 N–H and O–H groups in total. The second-order valence-electron chi connectivity index (χ2n) is 7.37. The van der Waals surface area contributed by atoms with Crippen molar-refractivity contribution in [1.29, 1.82) is 0 Å². The minimum absolute atomic E-state index is 0.111. The lowest BCUT2D eigenvalue weighted by molar-refractivity contribution is -0.137. The molecule has 4 rings (SSSR count). The first-order valence-electron chi connectivity index (χ1n) is 8.89. The number of hydrogen-bond acceptors (Lipinski definition) is 3. The highest BCUT2D eigenvalue weighted by molar-refractivity contribution is 5.95. The molecule has 0 spiro atoms. The van der Waals surface area contributed by atoms with Crippen molar-refractivity contribution in [1.82, 2.24) is 0 Å². The molecule has 1 aromatic rings. The Morgan fingerprint density at radius 1 is 1.12 bits per heavy atom. The van der Waals surface area contributed by atoms with E-state index in [1.807, 2.05) is 24.3 Å². The standard InChI is InChI=1S/C19H23NO4/c21-15(22)2-1-9-24-14-7-5-13(6-8-14)20-19(23)18-16-11-3-4-12(10-11)17(16)18/h5-8,11-12,16-18H,1-4,9-10H2,(H,20,23)(H,21,22). The maximum absolute atomic E-state index is 12.5. The van der Waals surface area contributed by atoms with Crippen molar-refractivity contribution in [3.05, 3.63) is 24.3 Å². The van der Waals surface area contributed by atoms with Gasteiger partial charge in [-0.15, -0.1) is 0 Å². The van der Waals surface area contributed by atoms with E-state index in [1.165, 1.54) is 19.3 Å². The normalized spacial score (nSPS) is 32.2. The average Bonchev–Trinajstić information content (AvgIpc) is 3.01.